The summed E-state index contributed by atoms with van der Waals surface area (Å²) in [6, 6.07) is 2.99. The summed E-state index contributed by atoms with van der Waals surface area (Å²) in [6.45, 7) is 0. The molecule has 0 spiro atoms. The lowest BCUT2D eigenvalue weighted by atomic mass is 10.3. The fourth-order valence-electron chi connectivity index (χ4n) is 1.29. The highest BCUT2D eigenvalue weighted by Crippen LogP contribution is 2.27. The highest BCUT2D eigenvalue weighted by molar-refractivity contribution is 9.11. The van der Waals surface area contributed by atoms with E-state index in [9.17, 15) is 13.6 Å². The van der Waals surface area contributed by atoms with Crippen LogP contribution in [0, 0.1) is 11.6 Å². The van der Waals surface area contributed by atoms with Crippen molar-refractivity contribution in [3.8, 4) is 5.69 Å². The summed E-state index contributed by atoms with van der Waals surface area (Å²) in [5.74, 6) is -1.23. The van der Waals surface area contributed by atoms with Crippen molar-refractivity contribution in [1.29, 1.82) is 0 Å². The molecule has 88 valence electrons. The Hall–Kier alpha value is -1.08. The number of aldehydes is 1. The first-order chi connectivity index (χ1) is 8.04. The molecule has 0 bridgehead atoms. The van der Waals surface area contributed by atoms with Crippen LogP contribution in [0.15, 0.2) is 27.4 Å². The standard InChI is InChI=1S/C10H4Br2F2N2O/c11-9-6(4-17)10(12)16(15-9)8-3-5(13)1-2-7(8)14/h1-4H. The molecule has 0 aliphatic carbocycles. The third-order valence-electron chi connectivity index (χ3n) is 2.07. The van der Waals surface area contributed by atoms with Crippen LogP contribution in [-0.4, -0.2) is 16.1 Å². The first-order valence-electron chi connectivity index (χ1n) is 4.39. The summed E-state index contributed by atoms with van der Waals surface area (Å²) >= 11 is 6.17. The summed E-state index contributed by atoms with van der Waals surface area (Å²) in [6.07, 6.45) is 0.564. The van der Waals surface area contributed by atoms with E-state index in [1.54, 1.807) is 0 Å². The number of halogens is 4. The Morgan fingerprint density at radius 1 is 1.29 bits per heavy atom. The molecule has 1 aromatic heterocycles. The molecule has 0 N–H and O–H groups in total. The van der Waals surface area contributed by atoms with Crippen molar-refractivity contribution in [2.24, 2.45) is 0 Å². The van der Waals surface area contributed by atoms with Gasteiger partial charge in [-0.3, -0.25) is 4.79 Å². The van der Waals surface area contributed by atoms with Gasteiger partial charge in [-0.05, 0) is 44.0 Å². The zero-order valence-electron chi connectivity index (χ0n) is 8.12. The fourth-order valence-corrected chi connectivity index (χ4v) is 2.55. The van der Waals surface area contributed by atoms with Crippen molar-refractivity contribution in [3.05, 3.63) is 44.6 Å². The van der Waals surface area contributed by atoms with Crippen LogP contribution in [0.2, 0.25) is 0 Å². The summed E-state index contributed by atoms with van der Waals surface area (Å²) < 4.78 is 28.2. The highest BCUT2D eigenvalue weighted by atomic mass is 79.9. The molecule has 0 saturated carbocycles. The maximum Gasteiger partial charge on any atom is 0.155 e. The zero-order valence-corrected chi connectivity index (χ0v) is 11.3. The average molecular weight is 366 g/mol. The van der Waals surface area contributed by atoms with Gasteiger partial charge in [0, 0.05) is 6.07 Å². The molecule has 0 saturated heterocycles. The van der Waals surface area contributed by atoms with Crippen LogP contribution in [0.3, 0.4) is 0 Å². The molecule has 0 amide bonds. The monoisotopic (exact) mass is 364 g/mol. The number of hydrogen-bond donors (Lipinski definition) is 0. The van der Waals surface area contributed by atoms with E-state index < -0.39 is 11.6 Å². The Morgan fingerprint density at radius 3 is 2.59 bits per heavy atom. The molecule has 0 fully saturated rings. The van der Waals surface area contributed by atoms with Gasteiger partial charge in [0.1, 0.15) is 26.5 Å². The van der Waals surface area contributed by atoms with E-state index in [1.807, 2.05) is 0 Å². The Labute approximate surface area is 112 Å². The van der Waals surface area contributed by atoms with Crippen LogP contribution in [0.5, 0.6) is 0 Å². The third-order valence-corrected chi connectivity index (χ3v) is 3.42. The molecule has 1 heterocycles. The molecule has 1 aromatic carbocycles. The summed E-state index contributed by atoms with van der Waals surface area (Å²) in [7, 11) is 0. The second kappa shape index (κ2) is 4.66. The smallest absolute Gasteiger partial charge is 0.155 e. The second-order valence-corrected chi connectivity index (χ2v) is 4.62. The van der Waals surface area contributed by atoms with Gasteiger partial charge in [-0.2, -0.15) is 5.10 Å². The van der Waals surface area contributed by atoms with Crippen molar-refractivity contribution < 1.29 is 13.6 Å². The Balaban J connectivity index is 2.68. The molecule has 17 heavy (non-hydrogen) atoms. The molecular formula is C10H4Br2F2N2O. The van der Waals surface area contributed by atoms with E-state index in [-0.39, 0.29) is 20.5 Å². The van der Waals surface area contributed by atoms with E-state index >= 15 is 0 Å². The van der Waals surface area contributed by atoms with Gasteiger partial charge in [-0.1, -0.05) is 0 Å². The van der Waals surface area contributed by atoms with Crippen LogP contribution in [0.4, 0.5) is 8.78 Å². The molecule has 3 nitrogen and oxygen atoms in total. The number of aromatic nitrogens is 2. The lowest BCUT2D eigenvalue weighted by Gasteiger charge is -2.04. The van der Waals surface area contributed by atoms with Crippen molar-refractivity contribution in [1.82, 2.24) is 9.78 Å². The Kier molecular flexibility index (Phi) is 3.39. The van der Waals surface area contributed by atoms with E-state index in [2.05, 4.69) is 37.0 Å². The zero-order chi connectivity index (χ0) is 12.6. The largest absolute Gasteiger partial charge is 0.298 e. The predicted molar refractivity (Wildman–Crippen MR) is 64.3 cm³/mol. The number of benzene rings is 1. The van der Waals surface area contributed by atoms with Crippen LogP contribution in [0.1, 0.15) is 10.4 Å². The SMILES string of the molecule is O=Cc1c(Br)nn(-c2cc(F)ccc2F)c1Br. The van der Waals surface area contributed by atoms with E-state index in [0.717, 1.165) is 22.9 Å². The number of carbonyl (C=O) groups is 1. The van der Waals surface area contributed by atoms with E-state index in [1.165, 1.54) is 0 Å². The molecule has 0 aliphatic rings. The molecular weight excluding hydrogens is 362 g/mol. The topological polar surface area (TPSA) is 34.9 Å². The molecule has 2 aromatic rings. The normalized spacial score (nSPS) is 10.6. The molecule has 0 unspecified atom stereocenters. The van der Waals surface area contributed by atoms with Crippen molar-refractivity contribution >= 4 is 38.1 Å². The molecule has 0 aliphatic heterocycles. The van der Waals surface area contributed by atoms with Gasteiger partial charge < -0.3 is 0 Å². The van der Waals surface area contributed by atoms with Gasteiger partial charge in [0.25, 0.3) is 0 Å². The van der Waals surface area contributed by atoms with E-state index in [0.29, 0.717) is 6.29 Å². The molecule has 2 rings (SSSR count). The maximum absolute atomic E-state index is 13.5. The van der Waals surface area contributed by atoms with Crippen molar-refractivity contribution in [3.63, 3.8) is 0 Å². The highest BCUT2D eigenvalue weighted by Gasteiger charge is 2.17. The first kappa shape index (κ1) is 12.4. The summed E-state index contributed by atoms with van der Waals surface area (Å²) in [5.41, 5.74) is 0.152. The molecule has 7 heteroatoms. The minimum absolute atomic E-state index is 0.0781. The maximum atomic E-state index is 13.5. The van der Waals surface area contributed by atoms with Crippen LogP contribution in [0.25, 0.3) is 5.69 Å². The second-order valence-electron chi connectivity index (χ2n) is 3.12. The van der Waals surface area contributed by atoms with Crippen LogP contribution in [-0.2, 0) is 0 Å². The van der Waals surface area contributed by atoms with Crippen LogP contribution < -0.4 is 0 Å². The average Bonchev–Trinajstić information content (AvgIpc) is 2.57. The van der Waals surface area contributed by atoms with Gasteiger partial charge in [0.15, 0.2) is 6.29 Å². The van der Waals surface area contributed by atoms with Gasteiger partial charge in [0.2, 0.25) is 0 Å². The van der Waals surface area contributed by atoms with Gasteiger partial charge in [0.05, 0.1) is 5.56 Å². The number of rotatable bonds is 2. The van der Waals surface area contributed by atoms with Crippen LogP contribution >= 0.6 is 31.9 Å². The van der Waals surface area contributed by atoms with Crippen molar-refractivity contribution in [2.45, 2.75) is 0 Å². The lowest BCUT2D eigenvalue weighted by Crippen LogP contribution is -2.01. The van der Waals surface area contributed by atoms with Crippen molar-refractivity contribution in [2.75, 3.05) is 0 Å². The fraction of sp³-hybridized carbons (Fsp3) is 0. The van der Waals surface area contributed by atoms with Gasteiger partial charge in [-0.15, -0.1) is 0 Å². The minimum atomic E-state index is -0.639. The first-order valence-corrected chi connectivity index (χ1v) is 5.98. The summed E-state index contributed by atoms with van der Waals surface area (Å²) in [5, 5.41) is 3.90. The number of carbonyl (C=O) groups excluding carboxylic acids is 1. The Morgan fingerprint density at radius 2 is 2.00 bits per heavy atom. The minimum Gasteiger partial charge on any atom is -0.298 e. The third kappa shape index (κ3) is 2.16. The number of nitrogens with zero attached hydrogens (tertiary/aromatic N) is 2. The van der Waals surface area contributed by atoms with E-state index in [4.69, 9.17) is 0 Å². The van der Waals surface area contributed by atoms with Gasteiger partial charge in [-0.25, -0.2) is 13.5 Å². The molecule has 0 atom stereocenters. The summed E-state index contributed by atoms with van der Waals surface area (Å²) in [4.78, 5) is 10.8. The number of hydrogen-bond acceptors (Lipinski definition) is 2. The van der Waals surface area contributed by atoms with Gasteiger partial charge >= 0.3 is 0 Å². The lowest BCUT2D eigenvalue weighted by molar-refractivity contribution is 0.112. The Bertz CT molecular complexity index is 598. The predicted octanol–water partition coefficient (Wildman–Crippen LogP) is 3.49. The molecule has 0 radical (unpaired) electrons. The quantitative estimate of drug-likeness (QED) is 0.763.